The number of methoxy groups -OCH3 is 1. The van der Waals surface area contributed by atoms with Crippen LogP contribution in [0.5, 0.6) is 5.75 Å². The van der Waals surface area contributed by atoms with Crippen molar-refractivity contribution in [1.82, 2.24) is 9.80 Å². The molecule has 1 aliphatic heterocycles. The van der Waals surface area contributed by atoms with Crippen LogP contribution in [0.15, 0.2) is 12.1 Å². The molecule has 1 fully saturated rings. The summed E-state index contributed by atoms with van der Waals surface area (Å²) in [6.07, 6.45) is -1.67. The first-order valence-electron chi connectivity index (χ1n) is 9.38. The third-order valence-corrected chi connectivity index (χ3v) is 4.70. The number of piperazine rings is 1. The molecule has 1 heterocycles. The molecule has 9 heteroatoms. The number of amides is 1. The highest BCUT2D eigenvalue weighted by Gasteiger charge is 2.33. The zero-order chi connectivity index (χ0) is 21.8. The van der Waals surface area contributed by atoms with Crippen LogP contribution in [0.2, 0.25) is 0 Å². The summed E-state index contributed by atoms with van der Waals surface area (Å²) in [5.74, 6) is -0.729. The van der Waals surface area contributed by atoms with Crippen molar-refractivity contribution in [3.8, 4) is 11.8 Å². The Bertz CT molecular complexity index is 775. The molecule has 1 aliphatic rings. The van der Waals surface area contributed by atoms with Crippen LogP contribution in [0.25, 0.3) is 0 Å². The first kappa shape index (κ1) is 22.9. The predicted octanol–water partition coefficient (Wildman–Crippen LogP) is 1.65. The second kappa shape index (κ2) is 9.39. The van der Waals surface area contributed by atoms with E-state index < -0.39 is 29.7 Å². The van der Waals surface area contributed by atoms with E-state index >= 15 is 0 Å². The molecule has 1 saturated heterocycles. The summed E-state index contributed by atoms with van der Waals surface area (Å²) in [7, 11) is 1.34. The van der Waals surface area contributed by atoms with E-state index in [4.69, 9.17) is 14.7 Å². The van der Waals surface area contributed by atoms with Gasteiger partial charge in [0.1, 0.15) is 23.0 Å². The van der Waals surface area contributed by atoms with E-state index in [9.17, 15) is 19.4 Å². The maximum atomic E-state index is 14.6. The summed E-state index contributed by atoms with van der Waals surface area (Å²) in [6.45, 7) is 6.10. The highest BCUT2D eigenvalue weighted by Crippen LogP contribution is 2.28. The van der Waals surface area contributed by atoms with Crippen molar-refractivity contribution in [3.05, 3.63) is 29.1 Å². The minimum atomic E-state index is -1.21. The zero-order valence-electron chi connectivity index (χ0n) is 17.2. The highest BCUT2D eigenvalue weighted by atomic mass is 19.1. The van der Waals surface area contributed by atoms with Crippen LogP contribution < -0.4 is 4.74 Å². The summed E-state index contributed by atoms with van der Waals surface area (Å²) in [5.41, 5.74) is -0.908. The number of aliphatic hydroxyl groups excluding tert-OH is 2. The number of β-amino-alcohol motifs (C(OH)–C–C–N with tert-alkyl or cyclic N) is 1. The summed E-state index contributed by atoms with van der Waals surface area (Å²) < 4.78 is 25.0. The third-order valence-electron chi connectivity index (χ3n) is 4.70. The Hall–Kier alpha value is -2.41. The van der Waals surface area contributed by atoms with Gasteiger partial charge in [0.15, 0.2) is 5.82 Å². The average molecular weight is 409 g/mol. The van der Waals surface area contributed by atoms with Crippen LogP contribution in [0.1, 0.15) is 38.0 Å². The van der Waals surface area contributed by atoms with E-state index in [0.717, 1.165) is 0 Å². The van der Waals surface area contributed by atoms with Crippen molar-refractivity contribution in [2.24, 2.45) is 0 Å². The normalized spacial score (nSPS) is 18.8. The van der Waals surface area contributed by atoms with Crippen LogP contribution in [0.4, 0.5) is 9.18 Å². The Balaban J connectivity index is 2.09. The van der Waals surface area contributed by atoms with Crippen LogP contribution in [-0.4, -0.2) is 77.6 Å². The number of carbonyl (C=O) groups is 1. The SMILES string of the molecule is COc1ccc(C(O)CN2CCN(C(=O)OC(C)(C)C)C[C@H]2CO)c(F)c1C#N. The van der Waals surface area contributed by atoms with Crippen molar-refractivity contribution >= 4 is 6.09 Å². The van der Waals surface area contributed by atoms with Gasteiger partial charge in [-0.05, 0) is 32.9 Å². The standard InChI is InChI=1S/C20H28FN3O5/c1-20(2,3)29-19(27)24-8-7-23(13(10-24)12-25)11-16(26)14-5-6-17(28-4)15(9-22)18(14)21/h5-6,13,16,25-26H,7-8,10-12H2,1-4H3/t13-,16?/m0/s1. The first-order chi connectivity index (χ1) is 13.6. The quantitative estimate of drug-likeness (QED) is 0.762. The van der Waals surface area contributed by atoms with Gasteiger partial charge in [0.2, 0.25) is 0 Å². The monoisotopic (exact) mass is 409 g/mol. The lowest BCUT2D eigenvalue weighted by Crippen LogP contribution is -2.57. The fourth-order valence-electron chi connectivity index (χ4n) is 3.23. The lowest BCUT2D eigenvalue weighted by atomic mass is 10.0. The second-order valence-electron chi connectivity index (χ2n) is 7.93. The van der Waals surface area contributed by atoms with Gasteiger partial charge in [-0.1, -0.05) is 0 Å². The van der Waals surface area contributed by atoms with E-state index in [1.165, 1.54) is 24.1 Å². The number of aliphatic hydroxyl groups is 2. The Morgan fingerprint density at radius 3 is 2.66 bits per heavy atom. The molecule has 1 aromatic carbocycles. The average Bonchev–Trinajstić information content (AvgIpc) is 2.66. The smallest absolute Gasteiger partial charge is 0.410 e. The van der Waals surface area contributed by atoms with E-state index in [-0.39, 0.29) is 36.6 Å². The van der Waals surface area contributed by atoms with Gasteiger partial charge in [0, 0.05) is 31.7 Å². The van der Waals surface area contributed by atoms with E-state index in [0.29, 0.717) is 13.1 Å². The Kier molecular flexibility index (Phi) is 7.41. The molecule has 0 saturated carbocycles. The van der Waals surface area contributed by atoms with Crippen molar-refractivity contribution in [3.63, 3.8) is 0 Å². The molecular weight excluding hydrogens is 381 g/mol. The van der Waals surface area contributed by atoms with Gasteiger partial charge >= 0.3 is 6.09 Å². The summed E-state index contributed by atoms with van der Waals surface area (Å²) in [4.78, 5) is 15.6. The summed E-state index contributed by atoms with van der Waals surface area (Å²) >= 11 is 0. The fraction of sp³-hybridized carbons (Fsp3) is 0.600. The molecule has 2 N–H and O–H groups in total. The maximum Gasteiger partial charge on any atom is 0.410 e. The number of ether oxygens (including phenoxy) is 2. The van der Waals surface area contributed by atoms with Crippen molar-refractivity contribution in [1.29, 1.82) is 5.26 Å². The fourth-order valence-corrected chi connectivity index (χ4v) is 3.23. The Morgan fingerprint density at radius 2 is 2.10 bits per heavy atom. The van der Waals surface area contributed by atoms with Gasteiger partial charge in [0.25, 0.3) is 0 Å². The van der Waals surface area contributed by atoms with Crippen LogP contribution in [0, 0.1) is 17.1 Å². The minimum Gasteiger partial charge on any atom is -0.495 e. The lowest BCUT2D eigenvalue weighted by molar-refractivity contribution is -0.0150. The molecule has 0 aliphatic carbocycles. The topological polar surface area (TPSA) is 106 Å². The van der Waals surface area contributed by atoms with Gasteiger partial charge in [0.05, 0.1) is 25.9 Å². The molecule has 2 rings (SSSR count). The van der Waals surface area contributed by atoms with Gasteiger partial charge in [-0.3, -0.25) is 4.90 Å². The first-order valence-corrected chi connectivity index (χ1v) is 9.38. The van der Waals surface area contributed by atoms with E-state index in [1.54, 1.807) is 31.7 Å². The number of hydrogen-bond donors (Lipinski definition) is 2. The molecule has 1 aromatic rings. The molecule has 29 heavy (non-hydrogen) atoms. The van der Waals surface area contributed by atoms with E-state index in [1.807, 2.05) is 0 Å². The molecule has 0 radical (unpaired) electrons. The van der Waals surface area contributed by atoms with Crippen molar-refractivity contribution < 1.29 is 28.9 Å². The molecule has 160 valence electrons. The molecule has 1 unspecified atom stereocenters. The summed E-state index contributed by atoms with van der Waals surface area (Å²) in [5, 5.41) is 29.5. The third kappa shape index (κ3) is 5.56. The number of rotatable bonds is 5. The predicted molar refractivity (Wildman–Crippen MR) is 103 cm³/mol. The molecule has 0 aromatic heterocycles. The maximum absolute atomic E-state index is 14.6. The summed E-state index contributed by atoms with van der Waals surface area (Å²) in [6, 6.07) is 4.13. The molecular formula is C20H28FN3O5. The number of benzene rings is 1. The largest absolute Gasteiger partial charge is 0.495 e. The van der Waals surface area contributed by atoms with Gasteiger partial charge in [-0.15, -0.1) is 0 Å². The zero-order valence-corrected chi connectivity index (χ0v) is 17.2. The van der Waals surface area contributed by atoms with Crippen LogP contribution >= 0.6 is 0 Å². The Labute approximate surface area is 170 Å². The van der Waals surface area contributed by atoms with Crippen molar-refractivity contribution in [2.75, 3.05) is 39.9 Å². The number of halogens is 1. The number of carbonyl (C=O) groups excluding carboxylic acids is 1. The van der Waals surface area contributed by atoms with Gasteiger partial charge < -0.3 is 24.6 Å². The number of hydrogen-bond acceptors (Lipinski definition) is 7. The van der Waals surface area contributed by atoms with Crippen LogP contribution in [0.3, 0.4) is 0 Å². The number of nitriles is 1. The second-order valence-corrected chi connectivity index (χ2v) is 7.93. The van der Waals surface area contributed by atoms with Crippen LogP contribution in [-0.2, 0) is 4.74 Å². The Morgan fingerprint density at radius 1 is 1.41 bits per heavy atom. The highest BCUT2D eigenvalue weighted by molar-refractivity contribution is 5.68. The molecule has 2 atom stereocenters. The van der Waals surface area contributed by atoms with E-state index in [2.05, 4.69) is 0 Å². The number of nitrogens with zero attached hydrogens (tertiary/aromatic N) is 3. The lowest BCUT2D eigenvalue weighted by Gasteiger charge is -2.41. The molecule has 0 bridgehead atoms. The van der Waals surface area contributed by atoms with Crippen molar-refractivity contribution in [2.45, 2.75) is 38.5 Å². The molecule has 1 amide bonds. The van der Waals surface area contributed by atoms with Gasteiger partial charge in [-0.2, -0.15) is 5.26 Å². The molecule has 0 spiro atoms. The van der Waals surface area contributed by atoms with Gasteiger partial charge in [-0.25, -0.2) is 9.18 Å². The molecule has 8 nitrogen and oxygen atoms in total. The minimum absolute atomic E-state index is 0.0198.